The summed E-state index contributed by atoms with van der Waals surface area (Å²) in [6.07, 6.45) is 1.40. The van der Waals surface area contributed by atoms with Gasteiger partial charge in [-0.1, -0.05) is 5.21 Å². The van der Waals surface area contributed by atoms with E-state index in [2.05, 4.69) is 16.4 Å². The maximum Gasteiger partial charge on any atom is 0.414 e. The highest BCUT2D eigenvalue weighted by molar-refractivity contribution is 5.90. The van der Waals surface area contributed by atoms with Gasteiger partial charge in [-0.2, -0.15) is 5.26 Å². The number of rotatable bonds is 5. The van der Waals surface area contributed by atoms with Gasteiger partial charge in [0.1, 0.15) is 29.2 Å². The third-order valence-electron chi connectivity index (χ3n) is 7.99. The highest BCUT2D eigenvalue weighted by Crippen LogP contribution is 2.64. The zero-order valence-corrected chi connectivity index (χ0v) is 23.1. The van der Waals surface area contributed by atoms with Gasteiger partial charge in [0.25, 0.3) is 0 Å². The lowest BCUT2D eigenvalue weighted by Gasteiger charge is -2.27. The number of ether oxygens (including phenoxy) is 2. The van der Waals surface area contributed by atoms with E-state index in [0.717, 1.165) is 18.2 Å². The first kappa shape index (κ1) is 27.6. The normalized spacial score (nSPS) is 24.8. The first-order valence-electron chi connectivity index (χ1n) is 13.4. The van der Waals surface area contributed by atoms with Crippen molar-refractivity contribution in [2.45, 2.75) is 44.4 Å². The van der Waals surface area contributed by atoms with Crippen molar-refractivity contribution in [2.75, 3.05) is 24.5 Å². The van der Waals surface area contributed by atoms with Crippen LogP contribution in [0.4, 0.5) is 28.4 Å². The molecule has 3 aromatic rings. The number of hydrogen-bond acceptors (Lipinski definition) is 7. The van der Waals surface area contributed by atoms with Crippen molar-refractivity contribution in [3.05, 3.63) is 65.7 Å². The van der Waals surface area contributed by atoms with Crippen LogP contribution in [0.15, 0.2) is 42.7 Å². The zero-order chi connectivity index (χ0) is 30.0. The highest BCUT2D eigenvalue weighted by atomic mass is 19.1. The van der Waals surface area contributed by atoms with Crippen LogP contribution >= 0.6 is 0 Å². The number of amides is 2. The number of nitrogens with zero attached hydrogens (tertiary/aromatic N) is 6. The average Bonchev–Trinajstić information content (AvgIpc) is 3.42. The molecule has 42 heavy (non-hydrogen) atoms. The Bertz CT molecular complexity index is 1580. The summed E-state index contributed by atoms with van der Waals surface area (Å²) in [4.78, 5) is 27.6. The summed E-state index contributed by atoms with van der Waals surface area (Å²) in [7, 11) is 0. The van der Waals surface area contributed by atoms with E-state index in [-0.39, 0.29) is 48.6 Å². The van der Waals surface area contributed by atoms with E-state index < -0.39 is 58.6 Å². The number of aromatic nitrogens is 3. The second kappa shape index (κ2) is 9.75. The zero-order valence-electron chi connectivity index (χ0n) is 23.1. The number of fused-ring (bicyclic) bond motifs is 1. The van der Waals surface area contributed by atoms with Gasteiger partial charge in [-0.25, -0.2) is 27.4 Å². The van der Waals surface area contributed by atoms with Crippen molar-refractivity contribution >= 4 is 17.9 Å². The molecule has 2 aromatic carbocycles. The van der Waals surface area contributed by atoms with Gasteiger partial charge in [0, 0.05) is 42.2 Å². The lowest BCUT2D eigenvalue weighted by Crippen LogP contribution is -2.39. The summed E-state index contributed by atoms with van der Waals surface area (Å²) in [5.74, 6) is -3.62. The Labute approximate surface area is 239 Å². The van der Waals surface area contributed by atoms with Crippen LogP contribution in [0.2, 0.25) is 0 Å². The molecule has 10 nitrogen and oxygen atoms in total. The molecule has 218 valence electrons. The maximum atomic E-state index is 15.5. The van der Waals surface area contributed by atoms with E-state index in [1.807, 2.05) is 0 Å². The van der Waals surface area contributed by atoms with Gasteiger partial charge in [0.2, 0.25) is 0 Å². The summed E-state index contributed by atoms with van der Waals surface area (Å²) in [5.41, 5.74) is -2.40. The standard InChI is InChI=1S/C29H27F3N6O4/c1-28(2,3)42-26(39)36-13-20-21(14-36)29(20,15-33)25-23(31)8-16(9-24(25)32)19-5-4-17(10-22(19)30)38-12-18(41-27(38)40)11-37-7-6-34-35-37/h4-10,18,20-21H,11-14H2,1-3H3/t18-,20?,21?,29?/m0/s1. The van der Waals surface area contributed by atoms with Crippen molar-refractivity contribution in [2.24, 2.45) is 11.8 Å². The summed E-state index contributed by atoms with van der Waals surface area (Å²) >= 11 is 0. The highest BCUT2D eigenvalue weighted by Gasteiger charge is 2.72. The Hall–Kier alpha value is -4.60. The molecule has 0 radical (unpaired) electrons. The molecule has 13 heteroatoms. The predicted molar refractivity (Wildman–Crippen MR) is 141 cm³/mol. The number of halogens is 3. The second-order valence-electron chi connectivity index (χ2n) is 11.8. The van der Waals surface area contributed by atoms with Crippen molar-refractivity contribution < 1.29 is 32.2 Å². The van der Waals surface area contributed by atoms with Crippen LogP contribution in [0.3, 0.4) is 0 Å². The molecule has 3 heterocycles. The average molecular weight is 581 g/mol. The third kappa shape index (κ3) is 4.60. The lowest BCUT2D eigenvalue weighted by atomic mass is 9.88. The van der Waals surface area contributed by atoms with Crippen LogP contribution in [0, 0.1) is 40.6 Å². The first-order valence-corrected chi connectivity index (χ1v) is 13.4. The van der Waals surface area contributed by atoms with Crippen LogP contribution in [-0.2, 0) is 21.4 Å². The third-order valence-corrected chi connectivity index (χ3v) is 7.99. The number of hydrogen-bond donors (Lipinski definition) is 0. The molecular formula is C29H27F3N6O4. The molecule has 1 saturated carbocycles. The summed E-state index contributed by atoms with van der Waals surface area (Å²) in [6.45, 7) is 5.93. The largest absolute Gasteiger partial charge is 0.444 e. The van der Waals surface area contributed by atoms with E-state index >= 15 is 13.2 Å². The van der Waals surface area contributed by atoms with Crippen molar-refractivity contribution in [3.63, 3.8) is 0 Å². The number of likely N-dealkylation sites (tertiary alicyclic amines) is 1. The molecular weight excluding hydrogens is 553 g/mol. The van der Waals surface area contributed by atoms with E-state index in [9.17, 15) is 14.9 Å². The summed E-state index contributed by atoms with van der Waals surface area (Å²) < 4.78 is 58.5. The van der Waals surface area contributed by atoms with Gasteiger partial charge >= 0.3 is 12.2 Å². The monoisotopic (exact) mass is 580 g/mol. The van der Waals surface area contributed by atoms with E-state index in [1.54, 1.807) is 27.0 Å². The van der Waals surface area contributed by atoms with Crippen LogP contribution < -0.4 is 4.90 Å². The fourth-order valence-corrected chi connectivity index (χ4v) is 6.09. The van der Waals surface area contributed by atoms with Gasteiger partial charge < -0.3 is 14.4 Å². The Morgan fingerprint density at radius 2 is 1.81 bits per heavy atom. The number of carbonyl (C=O) groups is 2. The molecule has 2 saturated heterocycles. The summed E-state index contributed by atoms with van der Waals surface area (Å²) in [6, 6.07) is 8.02. The molecule has 1 aliphatic carbocycles. The van der Waals surface area contributed by atoms with E-state index in [4.69, 9.17) is 9.47 Å². The van der Waals surface area contributed by atoms with Crippen molar-refractivity contribution in [1.82, 2.24) is 19.9 Å². The van der Waals surface area contributed by atoms with Gasteiger partial charge in [-0.05, 0) is 56.7 Å². The molecule has 0 spiro atoms. The van der Waals surface area contributed by atoms with Crippen LogP contribution in [-0.4, -0.2) is 63.4 Å². The van der Waals surface area contributed by atoms with Crippen LogP contribution in [0.25, 0.3) is 11.1 Å². The number of carbonyl (C=O) groups excluding carboxylic acids is 2. The SMILES string of the molecule is CC(C)(C)OC(=O)N1CC2C(C1)C2(C#N)c1c(F)cc(-c2ccc(N3C[C@H](Cn4ccnn4)OC3=O)cc2F)cc1F. The minimum atomic E-state index is -1.42. The molecule has 1 aromatic heterocycles. The second-order valence-corrected chi connectivity index (χ2v) is 11.8. The molecule has 2 unspecified atom stereocenters. The first-order chi connectivity index (χ1) is 19.9. The maximum absolute atomic E-state index is 15.5. The van der Waals surface area contributed by atoms with Gasteiger partial charge in [0.05, 0.1) is 36.5 Å². The topological polar surface area (TPSA) is 114 Å². The van der Waals surface area contributed by atoms with Gasteiger partial charge in [0.15, 0.2) is 0 Å². The number of nitriles is 1. The lowest BCUT2D eigenvalue weighted by molar-refractivity contribution is 0.0265. The van der Waals surface area contributed by atoms with E-state index in [1.165, 1.54) is 32.8 Å². The molecule has 2 aliphatic heterocycles. The molecule has 3 aliphatic rings. The van der Waals surface area contributed by atoms with Crippen LogP contribution in [0.1, 0.15) is 26.3 Å². The van der Waals surface area contributed by atoms with Gasteiger partial charge in [-0.3, -0.25) is 4.90 Å². The Kier molecular flexibility index (Phi) is 6.40. The molecule has 3 fully saturated rings. The van der Waals surface area contributed by atoms with Crippen molar-refractivity contribution in [1.29, 1.82) is 5.26 Å². The number of piperidine rings is 1. The fraction of sp³-hybridized carbons (Fsp3) is 0.414. The predicted octanol–water partition coefficient (Wildman–Crippen LogP) is 4.65. The molecule has 6 rings (SSSR count). The van der Waals surface area contributed by atoms with Crippen LogP contribution in [0.5, 0.6) is 0 Å². The molecule has 2 amide bonds. The minimum absolute atomic E-state index is 0.0554. The van der Waals surface area contributed by atoms with Gasteiger partial charge in [-0.15, -0.1) is 5.10 Å². The number of benzene rings is 2. The van der Waals surface area contributed by atoms with E-state index in [0.29, 0.717) is 0 Å². The summed E-state index contributed by atoms with van der Waals surface area (Å²) in [5, 5.41) is 17.6. The smallest absolute Gasteiger partial charge is 0.414 e. The minimum Gasteiger partial charge on any atom is -0.444 e. The Morgan fingerprint density at radius 1 is 1.12 bits per heavy atom. The van der Waals surface area contributed by atoms with Crippen molar-refractivity contribution in [3.8, 4) is 17.2 Å². The quantitative estimate of drug-likeness (QED) is 0.432. The molecule has 0 N–H and O–H groups in total. The number of cyclic esters (lactones) is 1. The number of anilines is 1. The molecule has 0 bridgehead atoms. The Balaban J connectivity index is 1.20. The Morgan fingerprint density at radius 3 is 2.38 bits per heavy atom. The molecule has 3 atom stereocenters. The fourth-order valence-electron chi connectivity index (χ4n) is 6.09.